The zero-order valence-electron chi connectivity index (χ0n) is 21.2. The van der Waals surface area contributed by atoms with Gasteiger partial charge in [0.1, 0.15) is 12.4 Å². The summed E-state index contributed by atoms with van der Waals surface area (Å²) in [6.45, 7) is 0.997. The summed E-state index contributed by atoms with van der Waals surface area (Å²) in [5.41, 5.74) is 2.92. The fourth-order valence-electron chi connectivity index (χ4n) is 5.07. The third kappa shape index (κ3) is 7.10. The highest BCUT2D eigenvalue weighted by molar-refractivity contribution is 6.30. The quantitative estimate of drug-likeness (QED) is 0.345. The number of hydrogen-bond acceptors (Lipinski definition) is 3. The van der Waals surface area contributed by atoms with Crippen LogP contribution in [0.25, 0.3) is 11.0 Å². The Morgan fingerprint density at radius 2 is 1.78 bits per heavy atom. The van der Waals surface area contributed by atoms with Gasteiger partial charge in [0.05, 0.1) is 17.5 Å². The SMILES string of the molecule is CN(C(=O)Cn1c(CCCCCNC(=O)Cc2ccc(Cl)cc2)nc2ccccc21)C1CCCCC1. The largest absolute Gasteiger partial charge is 0.356 e. The number of aromatic nitrogens is 2. The second kappa shape index (κ2) is 12.9. The van der Waals surface area contributed by atoms with Crippen LogP contribution in [-0.2, 0) is 29.0 Å². The maximum absolute atomic E-state index is 13.2. The smallest absolute Gasteiger partial charge is 0.242 e. The molecule has 1 aliphatic carbocycles. The Morgan fingerprint density at radius 3 is 2.56 bits per heavy atom. The summed E-state index contributed by atoms with van der Waals surface area (Å²) >= 11 is 5.90. The zero-order chi connectivity index (χ0) is 25.3. The number of unbranched alkanes of at least 4 members (excludes halogenated alkanes) is 2. The van der Waals surface area contributed by atoms with Gasteiger partial charge < -0.3 is 14.8 Å². The molecule has 0 aliphatic heterocycles. The first-order valence-electron chi connectivity index (χ1n) is 13.2. The van der Waals surface area contributed by atoms with Crippen molar-refractivity contribution in [3.8, 4) is 0 Å². The molecule has 3 aromatic rings. The monoisotopic (exact) mass is 508 g/mol. The van der Waals surface area contributed by atoms with Crippen LogP contribution in [0.15, 0.2) is 48.5 Å². The van der Waals surface area contributed by atoms with Gasteiger partial charge in [-0.2, -0.15) is 0 Å². The fourth-order valence-corrected chi connectivity index (χ4v) is 5.20. The van der Waals surface area contributed by atoms with Crippen LogP contribution < -0.4 is 5.32 Å². The van der Waals surface area contributed by atoms with Crippen molar-refractivity contribution in [2.45, 2.75) is 76.8 Å². The second-order valence-corrected chi connectivity index (χ2v) is 10.3. The predicted octanol–water partition coefficient (Wildman–Crippen LogP) is 5.55. The number of hydrogen-bond donors (Lipinski definition) is 1. The molecule has 0 bridgehead atoms. The fraction of sp³-hybridized carbons (Fsp3) is 0.483. The van der Waals surface area contributed by atoms with Crippen molar-refractivity contribution in [1.82, 2.24) is 19.8 Å². The van der Waals surface area contributed by atoms with Crippen molar-refractivity contribution in [1.29, 1.82) is 0 Å². The maximum atomic E-state index is 13.2. The number of carbonyl (C=O) groups is 2. The van der Waals surface area contributed by atoms with Crippen LogP contribution in [0, 0.1) is 0 Å². The molecule has 0 atom stereocenters. The summed E-state index contributed by atoms with van der Waals surface area (Å²) in [6, 6.07) is 15.8. The van der Waals surface area contributed by atoms with Gasteiger partial charge in [0, 0.05) is 31.1 Å². The number of carbonyl (C=O) groups excluding carboxylic acids is 2. The lowest BCUT2D eigenvalue weighted by atomic mass is 9.94. The van der Waals surface area contributed by atoms with E-state index in [1.54, 1.807) is 12.1 Å². The lowest BCUT2D eigenvalue weighted by Gasteiger charge is -2.31. The average Bonchev–Trinajstić information content (AvgIpc) is 3.24. The van der Waals surface area contributed by atoms with Crippen molar-refractivity contribution in [3.05, 3.63) is 64.9 Å². The molecular weight excluding hydrogens is 472 g/mol. The molecule has 1 saturated carbocycles. The molecule has 0 radical (unpaired) electrons. The molecule has 7 heteroatoms. The van der Waals surface area contributed by atoms with E-state index in [-0.39, 0.29) is 11.8 Å². The molecule has 0 spiro atoms. The average molecular weight is 509 g/mol. The summed E-state index contributed by atoms with van der Waals surface area (Å²) in [5.74, 6) is 1.16. The van der Waals surface area contributed by atoms with E-state index in [1.807, 2.05) is 42.3 Å². The minimum Gasteiger partial charge on any atom is -0.356 e. The molecule has 36 heavy (non-hydrogen) atoms. The number of halogens is 1. The van der Waals surface area contributed by atoms with Gasteiger partial charge in [0.15, 0.2) is 0 Å². The molecule has 0 unspecified atom stereocenters. The number of likely N-dealkylation sites (N-methyl/N-ethyl adjacent to an activating group) is 1. The molecule has 1 aromatic heterocycles. The third-order valence-electron chi connectivity index (χ3n) is 7.22. The minimum absolute atomic E-state index is 0.0275. The van der Waals surface area contributed by atoms with E-state index in [0.29, 0.717) is 30.6 Å². The molecule has 6 nitrogen and oxygen atoms in total. The van der Waals surface area contributed by atoms with E-state index in [0.717, 1.165) is 60.9 Å². The Bertz CT molecular complexity index is 1150. The first-order valence-corrected chi connectivity index (χ1v) is 13.6. The van der Waals surface area contributed by atoms with Crippen LogP contribution in [0.4, 0.5) is 0 Å². The van der Waals surface area contributed by atoms with Gasteiger partial charge in [-0.3, -0.25) is 9.59 Å². The molecule has 4 rings (SSSR count). The summed E-state index contributed by atoms with van der Waals surface area (Å²) in [4.78, 5) is 32.1. The minimum atomic E-state index is 0.0275. The summed E-state index contributed by atoms with van der Waals surface area (Å²) < 4.78 is 2.10. The van der Waals surface area contributed by atoms with Gasteiger partial charge in [-0.05, 0) is 55.5 Å². The molecule has 2 aromatic carbocycles. The predicted molar refractivity (Wildman–Crippen MR) is 145 cm³/mol. The van der Waals surface area contributed by atoms with E-state index in [2.05, 4.69) is 16.0 Å². The number of nitrogens with one attached hydrogen (secondary N) is 1. The van der Waals surface area contributed by atoms with Crippen molar-refractivity contribution >= 4 is 34.4 Å². The van der Waals surface area contributed by atoms with E-state index in [9.17, 15) is 9.59 Å². The molecule has 1 N–H and O–H groups in total. The molecular formula is C29H37ClN4O2. The lowest BCUT2D eigenvalue weighted by molar-refractivity contribution is -0.133. The molecule has 192 valence electrons. The van der Waals surface area contributed by atoms with Crippen molar-refractivity contribution < 1.29 is 9.59 Å². The lowest BCUT2D eigenvalue weighted by Crippen LogP contribution is -2.40. The van der Waals surface area contributed by atoms with Crippen LogP contribution >= 0.6 is 11.6 Å². The molecule has 0 saturated heterocycles. The number of aryl methyl sites for hydroxylation is 1. The van der Waals surface area contributed by atoms with Crippen LogP contribution in [-0.4, -0.2) is 45.9 Å². The number of benzene rings is 2. The summed E-state index contributed by atoms with van der Waals surface area (Å²) in [5, 5.41) is 3.68. The van der Waals surface area contributed by atoms with E-state index in [1.165, 1.54) is 19.3 Å². The standard InChI is InChI=1S/C29H37ClN4O2/c1-33(24-10-4-2-5-11-24)29(36)21-34-26-13-8-7-12-25(26)32-27(34)14-6-3-9-19-31-28(35)20-22-15-17-23(30)18-16-22/h7-8,12-13,15-18,24H,2-6,9-11,14,19-21H2,1H3,(H,31,35). The van der Waals surface area contributed by atoms with Gasteiger partial charge in [0.2, 0.25) is 11.8 Å². The van der Waals surface area contributed by atoms with Crippen LogP contribution in [0.2, 0.25) is 5.02 Å². The van der Waals surface area contributed by atoms with Gasteiger partial charge in [-0.15, -0.1) is 0 Å². The third-order valence-corrected chi connectivity index (χ3v) is 7.47. The van der Waals surface area contributed by atoms with Gasteiger partial charge in [-0.1, -0.05) is 61.5 Å². The van der Waals surface area contributed by atoms with E-state index >= 15 is 0 Å². The van der Waals surface area contributed by atoms with E-state index < -0.39 is 0 Å². The Hall–Kier alpha value is -2.86. The van der Waals surface area contributed by atoms with Gasteiger partial charge >= 0.3 is 0 Å². The normalized spacial score (nSPS) is 14.2. The van der Waals surface area contributed by atoms with E-state index in [4.69, 9.17) is 16.6 Å². The Labute approximate surface area is 219 Å². The summed E-state index contributed by atoms with van der Waals surface area (Å²) in [6.07, 6.45) is 9.96. The molecule has 2 amide bonds. The number of amides is 2. The van der Waals surface area contributed by atoms with Crippen LogP contribution in [0.5, 0.6) is 0 Å². The Morgan fingerprint density at radius 1 is 1.03 bits per heavy atom. The van der Waals surface area contributed by atoms with Crippen LogP contribution in [0.3, 0.4) is 0 Å². The van der Waals surface area contributed by atoms with Crippen molar-refractivity contribution in [2.75, 3.05) is 13.6 Å². The van der Waals surface area contributed by atoms with Crippen LogP contribution in [0.1, 0.15) is 62.8 Å². The first kappa shape index (κ1) is 26.2. The Balaban J connectivity index is 1.26. The summed E-state index contributed by atoms with van der Waals surface area (Å²) in [7, 11) is 1.96. The number of imidazole rings is 1. The Kier molecular flexibility index (Phi) is 9.40. The second-order valence-electron chi connectivity index (χ2n) is 9.86. The first-order chi connectivity index (χ1) is 17.5. The van der Waals surface area contributed by atoms with Gasteiger partial charge in [0.25, 0.3) is 0 Å². The molecule has 1 aliphatic rings. The highest BCUT2D eigenvalue weighted by atomic mass is 35.5. The zero-order valence-corrected chi connectivity index (χ0v) is 22.0. The maximum Gasteiger partial charge on any atom is 0.242 e. The topological polar surface area (TPSA) is 67.2 Å². The van der Waals surface area contributed by atoms with Crippen molar-refractivity contribution in [2.24, 2.45) is 0 Å². The number of rotatable bonds is 11. The molecule has 1 fully saturated rings. The number of nitrogens with zero attached hydrogens (tertiary/aromatic N) is 3. The number of para-hydroxylation sites is 2. The van der Waals surface area contributed by atoms with Gasteiger partial charge in [-0.25, -0.2) is 4.98 Å². The number of fused-ring (bicyclic) bond motifs is 1. The van der Waals surface area contributed by atoms with Crippen molar-refractivity contribution in [3.63, 3.8) is 0 Å². The highest BCUT2D eigenvalue weighted by Crippen LogP contribution is 2.23. The molecule has 1 heterocycles. The highest BCUT2D eigenvalue weighted by Gasteiger charge is 2.23.